The van der Waals surface area contributed by atoms with Crippen LogP contribution in [0.2, 0.25) is 0 Å². The number of ether oxygens (including phenoxy) is 3. The zero-order chi connectivity index (χ0) is 17.3. The average molecular weight is 334 g/mol. The number of aliphatic hydroxyl groups excluding tert-OH is 1. The van der Waals surface area contributed by atoms with Crippen LogP contribution in [0.4, 0.5) is 0 Å². The number of hydrogen-bond donors (Lipinski definition) is 1. The molecule has 7 heteroatoms. The number of hydrogen-bond acceptors (Lipinski definition) is 6. The van der Waals surface area contributed by atoms with Gasteiger partial charge in [-0.3, -0.25) is 9.36 Å². The lowest BCUT2D eigenvalue weighted by molar-refractivity contribution is 0.110. The Hall–Kier alpha value is -2.28. The lowest BCUT2D eigenvalue weighted by Crippen LogP contribution is -2.29. The smallest absolute Gasteiger partial charge is 0.261 e. The second kappa shape index (κ2) is 6.68. The van der Waals surface area contributed by atoms with Gasteiger partial charge in [0, 0.05) is 6.04 Å². The van der Waals surface area contributed by atoms with Crippen molar-refractivity contribution in [1.82, 2.24) is 9.55 Å². The first-order valence-electron chi connectivity index (χ1n) is 7.98. The van der Waals surface area contributed by atoms with E-state index in [1.54, 1.807) is 17.0 Å². The van der Waals surface area contributed by atoms with E-state index in [9.17, 15) is 9.90 Å². The molecule has 0 aliphatic heterocycles. The van der Waals surface area contributed by atoms with Gasteiger partial charge in [0.2, 0.25) is 5.75 Å². The number of rotatable bonds is 4. The summed E-state index contributed by atoms with van der Waals surface area (Å²) < 4.78 is 17.7. The fourth-order valence-corrected chi connectivity index (χ4v) is 3.34. The van der Waals surface area contributed by atoms with Crippen LogP contribution in [0.15, 0.2) is 17.2 Å². The summed E-state index contributed by atoms with van der Waals surface area (Å²) in [4.78, 5) is 17.4. The third-order valence-corrected chi connectivity index (χ3v) is 4.64. The van der Waals surface area contributed by atoms with Crippen LogP contribution in [0.3, 0.4) is 0 Å². The minimum atomic E-state index is -0.269. The number of benzene rings is 1. The Bertz CT molecular complexity index is 794. The zero-order valence-electron chi connectivity index (χ0n) is 14.1. The van der Waals surface area contributed by atoms with Gasteiger partial charge in [-0.2, -0.15) is 0 Å². The summed E-state index contributed by atoms with van der Waals surface area (Å²) in [5, 5.41) is 10.1. The van der Waals surface area contributed by atoms with Crippen LogP contribution < -0.4 is 19.8 Å². The summed E-state index contributed by atoms with van der Waals surface area (Å²) >= 11 is 0. The highest BCUT2D eigenvalue weighted by molar-refractivity contribution is 5.89. The van der Waals surface area contributed by atoms with E-state index in [-0.39, 0.29) is 17.7 Å². The first-order chi connectivity index (χ1) is 11.6. The molecule has 0 atom stereocenters. The molecular weight excluding hydrogens is 312 g/mol. The maximum Gasteiger partial charge on any atom is 0.261 e. The van der Waals surface area contributed by atoms with Crippen molar-refractivity contribution in [3.05, 3.63) is 22.7 Å². The number of nitrogens with zero attached hydrogens (tertiary/aromatic N) is 2. The minimum Gasteiger partial charge on any atom is -0.493 e. The predicted molar refractivity (Wildman–Crippen MR) is 89.2 cm³/mol. The quantitative estimate of drug-likeness (QED) is 0.919. The van der Waals surface area contributed by atoms with Crippen LogP contribution >= 0.6 is 0 Å². The number of methoxy groups -OCH3 is 3. The molecule has 1 saturated carbocycles. The summed E-state index contributed by atoms with van der Waals surface area (Å²) in [5.74, 6) is 1.23. The van der Waals surface area contributed by atoms with E-state index in [4.69, 9.17) is 14.2 Å². The molecule has 24 heavy (non-hydrogen) atoms. The largest absolute Gasteiger partial charge is 0.493 e. The molecule has 7 nitrogen and oxygen atoms in total. The first kappa shape index (κ1) is 16.6. The van der Waals surface area contributed by atoms with Crippen molar-refractivity contribution < 1.29 is 19.3 Å². The summed E-state index contributed by atoms with van der Waals surface area (Å²) in [6, 6.07) is 1.69. The molecule has 0 spiro atoms. The van der Waals surface area contributed by atoms with Gasteiger partial charge in [0.25, 0.3) is 5.56 Å². The lowest BCUT2D eigenvalue weighted by Gasteiger charge is -2.27. The van der Waals surface area contributed by atoms with Crippen LogP contribution in [0.1, 0.15) is 31.7 Å². The fourth-order valence-electron chi connectivity index (χ4n) is 3.34. The minimum absolute atomic E-state index is 0.0527. The molecule has 0 radical (unpaired) electrons. The Morgan fingerprint density at radius 2 is 1.75 bits per heavy atom. The summed E-state index contributed by atoms with van der Waals surface area (Å²) in [6.45, 7) is 0. The van der Waals surface area contributed by atoms with E-state index < -0.39 is 0 Å². The van der Waals surface area contributed by atoms with Crippen molar-refractivity contribution in [3.8, 4) is 17.2 Å². The molecule has 3 rings (SSSR count). The van der Waals surface area contributed by atoms with Crippen molar-refractivity contribution in [1.29, 1.82) is 0 Å². The molecule has 1 aromatic heterocycles. The summed E-state index contributed by atoms with van der Waals surface area (Å²) in [7, 11) is 4.54. The fraction of sp³-hybridized carbons (Fsp3) is 0.529. The predicted octanol–water partition coefficient (Wildman–Crippen LogP) is 1.90. The normalized spacial score (nSPS) is 20.8. The average Bonchev–Trinajstić information content (AvgIpc) is 2.61. The Kier molecular flexibility index (Phi) is 4.62. The molecule has 0 amide bonds. The molecule has 0 bridgehead atoms. The Morgan fingerprint density at radius 1 is 1.08 bits per heavy atom. The van der Waals surface area contributed by atoms with E-state index in [2.05, 4.69) is 4.98 Å². The lowest BCUT2D eigenvalue weighted by atomic mass is 9.93. The molecule has 0 unspecified atom stereocenters. The third-order valence-electron chi connectivity index (χ3n) is 4.64. The molecule has 1 aliphatic rings. The van der Waals surface area contributed by atoms with Crippen LogP contribution in [0.5, 0.6) is 17.2 Å². The first-order valence-corrected chi connectivity index (χ1v) is 7.98. The van der Waals surface area contributed by atoms with Crippen LogP contribution in [-0.2, 0) is 0 Å². The standard InChI is InChI=1S/C17H22N2O5/c1-22-13-8-12-14(16(24-3)15(13)23-2)18-9-19(17(12)21)10-4-6-11(20)7-5-10/h8-11,20H,4-7H2,1-3H3. The van der Waals surface area contributed by atoms with Crippen molar-refractivity contribution in [2.24, 2.45) is 0 Å². The second-order valence-corrected chi connectivity index (χ2v) is 5.96. The van der Waals surface area contributed by atoms with Crippen LogP contribution in [-0.4, -0.2) is 42.1 Å². The van der Waals surface area contributed by atoms with Gasteiger partial charge in [-0.25, -0.2) is 4.98 Å². The SMILES string of the molecule is COc1cc2c(=O)n(C3CCC(O)CC3)cnc2c(OC)c1OC. The summed E-state index contributed by atoms with van der Waals surface area (Å²) in [6.07, 6.45) is 4.21. The topological polar surface area (TPSA) is 82.8 Å². The molecule has 1 fully saturated rings. The molecule has 1 heterocycles. The van der Waals surface area contributed by atoms with E-state index in [0.717, 1.165) is 12.8 Å². The Labute approximate surface area is 139 Å². The number of fused-ring (bicyclic) bond motifs is 1. The molecule has 1 N–H and O–H groups in total. The highest BCUT2D eigenvalue weighted by atomic mass is 16.5. The molecule has 130 valence electrons. The van der Waals surface area contributed by atoms with Crippen molar-refractivity contribution in [2.75, 3.05) is 21.3 Å². The van der Waals surface area contributed by atoms with Gasteiger partial charge >= 0.3 is 0 Å². The van der Waals surface area contributed by atoms with Crippen molar-refractivity contribution >= 4 is 10.9 Å². The van der Waals surface area contributed by atoms with E-state index in [1.165, 1.54) is 21.3 Å². The van der Waals surface area contributed by atoms with Gasteiger partial charge in [0.15, 0.2) is 11.5 Å². The van der Waals surface area contributed by atoms with Gasteiger partial charge in [0.05, 0.1) is 39.1 Å². The Morgan fingerprint density at radius 3 is 2.33 bits per heavy atom. The number of aliphatic hydroxyl groups is 1. The molecule has 0 saturated heterocycles. The maximum absolute atomic E-state index is 13.0. The second-order valence-electron chi connectivity index (χ2n) is 5.96. The van der Waals surface area contributed by atoms with Gasteiger partial charge < -0.3 is 19.3 Å². The molecule has 1 aliphatic carbocycles. The highest BCUT2D eigenvalue weighted by Crippen LogP contribution is 2.41. The van der Waals surface area contributed by atoms with Gasteiger partial charge in [-0.15, -0.1) is 0 Å². The van der Waals surface area contributed by atoms with E-state index in [1.807, 2.05) is 0 Å². The Balaban J connectivity index is 2.16. The molecule has 2 aromatic rings. The van der Waals surface area contributed by atoms with Crippen LogP contribution in [0.25, 0.3) is 10.9 Å². The number of aromatic nitrogens is 2. The maximum atomic E-state index is 13.0. The van der Waals surface area contributed by atoms with E-state index in [0.29, 0.717) is 41.0 Å². The molecular formula is C17H22N2O5. The zero-order valence-corrected chi connectivity index (χ0v) is 14.1. The van der Waals surface area contributed by atoms with Crippen molar-refractivity contribution in [3.63, 3.8) is 0 Å². The van der Waals surface area contributed by atoms with Gasteiger partial charge in [0.1, 0.15) is 5.52 Å². The van der Waals surface area contributed by atoms with E-state index >= 15 is 0 Å². The van der Waals surface area contributed by atoms with Crippen LogP contribution in [0, 0.1) is 0 Å². The van der Waals surface area contributed by atoms with Gasteiger partial charge in [-0.05, 0) is 31.7 Å². The summed E-state index contributed by atoms with van der Waals surface area (Å²) in [5.41, 5.74) is 0.313. The molecule has 1 aromatic carbocycles. The van der Waals surface area contributed by atoms with Gasteiger partial charge in [-0.1, -0.05) is 0 Å². The highest BCUT2D eigenvalue weighted by Gasteiger charge is 2.24. The van der Waals surface area contributed by atoms with Crippen molar-refractivity contribution in [2.45, 2.75) is 37.8 Å². The monoisotopic (exact) mass is 334 g/mol. The third kappa shape index (κ3) is 2.69.